The van der Waals surface area contributed by atoms with Crippen LogP contribution in [0.15, 0.2) is 53.7 Å². The van der Waals surface area contributed by atoms with Crippen molar-refractivity contribution in [2.45, 2.75) is 23.9 Å². The smallest absolute Gasteiger partial charge is 0.197 e. The molecule has 0 radical (unpaired) electrons. The van der Waals surface area contributed by atoms with Gasteiger partial charge in [0.15, 0.2) is 11.0 Å². The number of para-hydroxylation sites is 1. The Morgan fingerprint density at radius 1 is 1.15 bits per heavy atom. The van der Waals surface area contributed by atoms with Crippen LogP contribution in [0.3, 0.4) is 0 Å². The lowest BCUT2D eigenvalue weighted by atomic mass is 10.3. The molecule has 6 nitrogen and oxygen atoms in total. The summed E-state index contributed by atoms with van der Waals surface area (Å²) in [5.74, 6) is 1.37. The molecule has 3 rings (SSSR count). The second-order valence-corrected chi connectivity index (χ2v) is 6.85. The van der Waals surface area contributed by atoms with Crippen LogP contribution in [-0.2, 0) is 6.61 Å². The van der Waals surface area contributed by atoms with Crippen molar-refractivity contribution in [2.75, 3.05) is 7.11 Å². The summed E-state index contributed by atoms with van der Waals surface area (Å²) in [5.41, 5.74) is 0.309. The molecule has 0 N–H and O–H groups in total. The van der Waals surface area contributed by atoms with Gasteiger partial charge in [-0.2, -0.15) is 5.26 Å². The predicted molar refractivity (Wildman–Crippen MR) is 99.6 cm³/mol. The normalized spacial score (nSPS) is 11.6. The minimum absolute atomic E-state index is 0.0924. The highest BCUT2D eigenvalue weighted by molar-refractivity contribution is 8.00. The third kappa shape index (κ3) is 4.38. The molecule has 0 aliphatic rings. The van der Waals surface area contributed by atoms with Crippen molar-refractivity contribution < 1.29 is 13.9 Å². The van der Waals surface area contributed by atoms with Crippen molar-refractivity contribution >= 4 is 11.8 Å². The first kappa shape index (κ1) is 18.7. The van der Waals surface area contributed by atoms with Crippen molar-refractivity contribution in [1.29, 1.82) is 5.26 Å². The molecule has 0 amide bonds. The molecule has 0 saturated carbocycles. The fourth-order valence-electron chi connectivity index (χ4n) is 2.35. The van der Waals surface area contributed by atoms with E-state index in [9.17, 15) is 4.39 Å². The molecule has 0 unspecified atom stereocenters. The molecule has 3 aromatic rings. The van der Waals surface area contributed by atoms with Gasteiger partial charge < -0.3 is 9.47 Å². The largest absolute Gasteiger partial charge is 0.497 e. The second kappa shape index (κ2) is 8.56. The number of ether oxygens (including phenoxy) is 2. The number of nitrogens with zero attached hydrogens (tertiary/aromatic N) is 4. The zero-order chi connectivity index (χ0) is 19.2. The maximum Gasteiger partial charge on any atom is 0.197 e. The van der Waals surface area contributed by atoms with Gasteiger partial charge in [0.2, 0.25) is 0 Å². The fourth-order valence-corrected chi connectivity index (χ4v) is 3.12. The third-order valence-electron chi connectivity index (χ3n) is 3.69. The number of methoxy groups -OCH3 is 1. The first-order valence-electron chi connectivity index (χ1n) is 8.14. The Labute approximate surface area is 160 Å². The zero-order valence-corrected chi connectivity index (χ0v) is 15.6. The lowest BCUT2D eigenvalue weighted by Crippen LogP contribution is -2.09. The van der Waals surface area contributed by atoms with E-state index in [1.165, 1.54) is 17.8 Å². The molecule has 1 aromatic heterocycles. The van der Waals surface area contributed by atoms with Gasteiger partial charge >= 0.3 is 0 Å². The summed E-state index contributed by atoms with van der Waals surface area (Å²) in [6.07, 6.45) is 0. The molecule has 1 atom stereocenters. The van der Waals surface area contributed by atoms with Crippen LogP contribution < -0.4 is 9.47 Å². The van der Waals surface area contributed by atoms with E-state index in [1.807, 2.05) is 0 Å². The monoisotopic (exact) mass is 384 g/mol. The van der Waals surface area contributed by atoms with E-state index < -0.39 is 5.82 Å². The molecule has 27 heavy (non-hydrogen) atoms. The molecular weight excluding hydrogens is 367 g/mol. The minimum Gasteiger partial charge on any atom is -0.497 e. The van der Waals surface area contributed by atoms with Crippen LogP contribution in [-0.4, -0.2) is 27.1 Å². The van der Waals surface area contributed by atoms with Crippen LogP contribution in [0, 0.1) is 17.1 Å². The Balaban J connectivity index is 1.90. The standard InChI is InChI=1S/C19H17FN4O2S/c1-13(11-21)27-19-23-22-18(24(19)17-6-4-3-5-16(17)20)12-26-15-9-7-14(25-2)8-10-15/h3-10,13H,12H2,1-2H3/t13-/m1/s1. The number of benzene rings is 2. The molecule has 0 fully saturated rings. The average Bonchev–Trinajstić information content (AvgIpc) is 3.09. The van der Waals surface area contributed by atoms with E-state index in [-0.39, 0.29) is 11.9 Å². The van der Waals surface area contributed by atoms with Gasteiger partial charge in [0.05, 0.1) is 24.1 Å². The Bertz CT molecular complexity index is 953. The Kier molecular flexibility index (Phi) is 5.94. The number of thioether (sulfide) groups is 1. The average molecular weight is 384 g/mol. The van der Waals surface area contributed by atoms with Crippen molar-refractivity contribution in [3.05, 3.63) is 60.2 Å². The topological polar surface area (TPSA) is 73.0 Å². The number of hydrogen-bond acceptors (Lipinski definition) is 6. The molecule has 0 bridgehead atoms. The summed E-state index contributed by atoms with van der Waals surface area (Å²) in [6, 6.07) is 15.6. The first-order valence-corrected chi connectivity index (χ1v) is 9.02. The van der Waals surface area contributed by atoms with Crippen molar-refractivity contribution in [3.63, 3.8) is 0 Å². The molecular formula is C19H17FN4O2S. The summed E-state index contributed by atoms with van der Waals surface area (Å²) >= 11 is 1.21. The van der Waals surface area contributed by atoms with Gasteiger partial charge in [-0.3, -0.25) is 4.57 Å². The highest BCUT2D eigenvalue weighted by Gasteiger charge is 2.19. The summed E-state index contributed by atoms with van der Waals surface area (Å²) in [7, 11) is 1.59. The third-order valence-corrected chi connectivity index (χ3v) is 4.62. The molecule has 8 heteroatoms. The van der Waals surface area contributed by atoms with Gasteiger partial charge in [0.1, 0.15) is 23.9 Å². The van der Waals surface area contributed by atoms with E-state index in [2.05, 4.69) is 16.3 Å². The van der Waals surface area contributed by atoms with Gasteiger partial charge in [-0.05, 0) is 43.3 Å². The Morgan fingerprint density at radius 2 is 1.85 bits per heavy atom. The summed E-state index contributed by atoms with van der Waals surface area (Å²) in [6.45, 7) is 1.84. The predicted octanol–water partition coefficient (Wildman–Crippen LogP) is 4.00. The SMILES string of the molecule is COc1ccc(OCc2nnc(S[C@H](C)C#N)n2-c2ccccc2F)cc1. The lowest BCUT2D eigenvalue weighted by Gasteiger charge is -2.12. The van der Waals surface area contributed by atoms with E-state index in [0.717, 1.165) is 5.75 Å². The number of hydrogen-bond donors (Lipinski definition) is 0. The van der Waals surface area contributed by atoms with Crippen LogP contribution in [0.5, 0.6) is 11.5 Å². The van der Waals surface area contributed by atoms with Crippen LogP contribution >= 0.6 is 11.8 Å². The van der Waals surface area contributed by atoms with E-state index in [4.69, 9.17) is 14.7 Å². The number of rotatable bonds is 7. The number of aromatic nitrogens is 3. The van der Waals surface area contributed by atoms with Gasteiger partial charge in [-0.25, -0.2) is 4.39 Å². The fraction of sp³-hybridized carbons (Fsp3) is 0.211. The van der Waals surface area contributed by atoms with Gasteiger partial charge in [0, 0.05) is 0 Å². The second-order valence-electron chi connectivity index (χ2n) is 5.54. The molecule has 0 saturated heterocycles. The Morgan fingerprint density at radius 3 is 2.52 bits per heavy atom. The van der Waals surface area contributed by atoms with Crippen LogP contribution in [0.1, 0.15) is 12.7 Å². The van der Waals surface area contributed by atoms with Crippen molar-refractivity contribution in [2.24, 2.45) is 0 Å². The molecule has 2 aromatic carbocycles. The first-order chi connectivity index (χ1) is 13.1. The number of halogens is 1. The molecule has 138 valence electrons. The number of nitriles is 1. The molecule has 0 spiro atoms. The van der Waals surface area contributed by atoms with E-state index in [1.54, 1.807) is 61.1 Å². The lowest BCUT2D eigenvalue weighted by molar-refractivity contribution is 0.292. The maximum atomic E-state index is 14.4. The molecule has 0 aliphatic heterocycles. The maximum absolute atomic E-state index is 14.4. The quantitative estimate of drug-likeness (QED) is 0.574. The zero-order valence-electron chi connectivity index (χ0n) is 14.8. The van der Waals surface area contributed by atoms with Crippen molar-refractivity contribution in [3.8, 4) is 23.3 Å². The van der Waals surface area contributed by atoms with E-state index in [0.29, 0.717) is 22.4 Å². The van der Waals surface area contributed by atoms with Gasteiger partial charge in [-0.1, -0.05) is 23.9 Å². The summed E-state index contributed by atoms with van der Waals surface area (Å²) in [4.78, 5) is 0. The van der Waals surface area contributed by atoms with Gasteiger partial charge in [-0.15, -0.1) is 10.2 Å². The minimum atomic E-state index is -0.408. The van der Waals surface area contributed by atoms with Crippen LogP contribution in [0.25, 0.3) is 5.69 Å². The van der Waals surface area contributed by atoms with E-state index >= 15 is 0 Å². The molecule has 1 heterocycles. The molecule has 0 aliphatic carbocycles. The van der Waals surface area contributed by atoms with Crippen molar-refractivity contribution in [1.82, 2.24) is 14.8 Å². The summed E-state index contributed by atoms with van der Waals surface area (Å²) < 4.78 is 26.8. The highest BCUT2D eigenvalue weighted by atomic mass is 32.2. The van der Waals surface area contributed by atoms with Crippen LogP contribution in [0.4, 0.5) is 4.39 Å². The highest BCUT2D eigenvalue weighted by Crippen LogP contribution is 2.27. The Hall–Kier alpha value is -3.05. The van der Waals surface area contributed by atoms with Crippen LogP contribution in [0.2, 0.25) is 0 Å². The van der Waals surface area contributed by atoms with Gasteiger partial charge in [0.25, 0.3) is 0 Å². The summed E-state index contributed by atoms with van der Waals surface area (Å²) in [5, 5.41) is 17.4.